The zero-order valence-corrected chi connectivity index (χ0v) is 13.9. The van der Waals surface area contributed by atoms with E-state index in [4.69, 9.17) is 4.18 Å². The summed E-state index contributed by atoms with van der Waals surface area (Å²) >= 11 is 4.39. The fourth-order valence-corrected chi connectivity index (χ4v) is 2.69. The van der Waals surface area contributed by atoms with E-state index in [1.54, 1.807) is 24.3 Å². The predicted molar refractivity (Wildman–Crippen MR) is 87.2 cm³/mol. The molecule has 110 valence electrons. The molecule has 0 radical (unpaired) electrons. The second kappa shape index (κ2) is 7.52. The van der Waals surface area contributed by atoms with E-state index in [1.807, 2.05) is 31.2 Å². The largest absolute Gasteiger partial charge is 0.508 e. The van der Waals surface area contributed by atoms with Crippen molar-refractivity contribution in [3.05, 3.63) is 58.6 Å². The van der Waals surface area contributed by atoms with Gasteiger partial charge < -0.3 is 9.29 Å². The number of rotatable bonds is 5. The van der Waals surface area contributed by atoms with Crippen LogP contribution in [0.15, 0.2) is 57.9 Å². The lowest BCUT2D eigenvalue weighted by molar-refractivity contribution is -0.134. The van der Waals surface area contributed by atoms with E-state index in [0.717, 1.165) is 27.0 Å². The van der Waals surface area contributed by atoms with Crippen molar-refractivity contribution in [3.8, 4) is 5.75 Å². The summed E-state index contributed by atoms with van der Waals surface area (Å²) in [6.45, 7) is 1.96. The van der Waals surface area contributed by atoms with Crippen LogP contribution < -0.4 is 0 Å². The SMILES string of the molecule is CCC(C(=O)OSc1ccc(O)cc1)c1ccc(Br)cc1. The van der Waals surface area contributed by atoms with Crippen molar-refractivity contribution in [2.75, 3.05) is 0 Å². The standard InChI is InChI=1S/C16H15BrO3S/c1-2-15(11-3-5-12(17)6-4-11)16(19)20-21-14-9-7-13(18)8-10-14/h3-10,15,18H,2H2,1H3. The molecule has 1 unspecified atom stereocenters. The third-order valence-corrected chi connectivity index (χ3v) is 4.26. The summed E-state index contributed by atoms with van der Waals surface area (Å²) in [6, 6.07) is 14.2. The van der Waals surface area contributed by atoms with Crippen LogP contribution in [0.2, 0.25) is 0 Å². The van der Waals surface area contributed by atoms with Gasteiger partial charge in [-0.2, -0.15) is 0 Å². The number of halogens is 1. The van der Waals surface area contributed by atoms with Crippen LogP contribution in [0.4, 0.5) is 0 Å². The summed E-state index contributed by atoms with van der Waals surface area (Å²) in [5, 5.41) is 9.21. The maximum Gasteiger partial charge on any atom is 0.325 e. The highest BCUT2D eigenvalue weighted by molar-refractivity contribution is 9.10. The normalized spacial score (nSPS) is 11.9. The number of aromatic hydroxyl groups is 1. The van der Waals surface area contributed by atoms with E-state index in [9.17, 15) is 9.90 Å². The molecule has 0 bridgehead atoms. The molecule has 3 nitrogen and oxygen atoms in total. The molecule has 0 heterocycles. The fourth-order valence-electron chi connectivity index (χ4n) is 1.88. The van der Waals surface area contributed by atoms with Gasteiger partial charge in [0.25, 0.3) is 0 Å². The smallest absolute Gasteiger partial charge is 0.325 e. The Balaban J connectivity index is 2.00. The van der Waals surface area contributed by atoms with Crippen LogP contribution in [-0.4, -0.2) is 11.1 Å². The van der Waals surface area contributed by atoms with Crippen LogP contribution in [0.1, 0.15) is 24.8 Å². The Morgan fingerprint density at radius 1 is 1.19 bits per heavy atom. The Morgan fingerprint density at radius 3 is 2.38 bits per heavy atom. The molecule has 1 N–H and O–H groups in total. The van der Waals surface area contributed by atoms with Gasteiger partial charge >= 0.3 is 5.97 Å². The molecule has 0 spiro atoms. The number of hydrogen-bond acceptors (Lipinski definition) is 4. The van der Waals surface area contributed by atoms with Crippen LogP contribution in [0.3, 0.4) is 0 Å². The van der Waals surface area contributed by atoms with Crippen molar-refractivity contribution in [1.29, 1.82) is 0 Å². The Bertz CT molecular complexity index is 596. The minimum atomic E-state index is -0.275. The van der Waals surface area contributed by atoms with Gasteiger partial charge in [0.15, 0.2) is 0 Å². The lowest BCUT2D eigenvalue weighted by atomic mass is 9.97. The molecule has 0 saturated heterocycles. The van der Waals surface area contributed by atoms with Gasteiger partial charge in [0.1, 0.15) is 5.75 Å². The molecule has 0 saturated carbocycles. The average molecular weight is 367 g/mol. The van der Waals surface area contributed by atoms with Crippen LogP contribution >= 0.6 is 28.0 Å². The third-order valence-electron chi connectivity index (χ3n) is 3.02. The van der Waals surface area contributed by atoms with Crippen molar-refractivity contribution >= 4 is 33.9 Å². The van der Waals surface area contributed by atoms with Crippen molar-refractivity contribution < 1.29 is 14.1 Å². The second-order valence-corrected chi connectivity index (χ2v) is 6.21. The molecule has 0 amide bonds. The summed E-state index contributed by atoms with van der Waals surface area (Å²) in [5.41, 5.74) is 0.942. The van der Waals surface area contributed by atoms with Crippen molar-refractivity contribution in [1.82, 2.24) is 0 Å². The molecular weight excluding hydrogens is 352 g/mol. The van der Waals surface area contributed by atoms with Crippen LogP contribution in [0.25, 0.3) is 0 Å². The summed E-state index contributed by atoms with van der Waals surface area (Å²) < 4.78 is 6.27. The highest BCUT2D eigenvalue weighted by atomic mass is 79.9. The van der Waals surface area contributed by atoms with E-state index >= 15 is 0 Å². The van der Waals surface area contributed by atoms with E-state index in [0.29, 0.717) is 6.42 Å². The van der Waals surface area contributed by atoms with Crippen LogP contribution in [-0.2, 0) is 8.98 Å². The predicted octanol–water partition coefficient (Wildman–Crippen LogP) is 4.90. The monoisotopic (exact) mass is 366 g/mol. The lowest BCUT2D eigenvalue weighted by Gasteiger charge is -2.13. The summed E-state index contributed by atoms with van der Waals surface area (Å²) in [6.07, 6.45) is 0.677. The number of carbonyl (C=O) groups excluding carboxylic acids is 1. The third kappa shape index (κ3) is 4.51. The summed E-state index contributed by atoms with van der Waals surface area (Å²) in [5.74, 6) is -0.354. The first-order valence-corrected chi connectivity index (χ1v) is 8.06. The number of benzene rings is 2. The van der Waals surface area contributed by atoms with Gasteiger partial charge in [0.2, 0.25) is 0 Å². The molecular formula is C16H15BrO3S. The summed E-state index contributed by atoms with van der Waals surface area (Å²) in [7, 11) is 0. The van der Waals surface area contributed by atoms with E-state index in [-0.39, 0.29) is 17.6 Å². The maximum absolute atomic E-state index is 12.2. The maximum atomic E-state index is 12.2. The van der Waals surface area contributed by atoms with E-state index in [2.05, 4.69) is 15.9 Å². The van der Waals surface area contributed by atoms with Gasteiger partial charge in [-0.05, 0) is 48.4 Å². The fraction of sp³-hybridized carbons (Fsp3) is 0.188. The topological polar surface area (TPSA) is 46.5 Å². The Hall–Kier alpha value is -1.46. The zero-order chi connectivity index (χ0) is 15.2. The molecule has 21 heavy (non-hydrogen) atoms. The first-order chi connectivity index (χ1) is 10.1. The summed E-state index contributed by atoms with van der Waals surface area (Å²) in [4.78, 5) is 13.0. The minimum absolute atomic E-state index is 0.187. The second-order valence-electron chi connectivity index (χ2n) is 4.49. The number of phenolic OH excluding ortho intramolecular Hbond substituents is 1. The molecule has 2 aromatic carbocycles. The Labute approximate surface area is 136 Å². The zero-order valence-electron chi connectivity index (χ0n) is 11.5. The molecule has 0 aliphatic rings. The first kappa shape index (κ1) is 15.9. The molecule has 0 aromatic heterocycles. The first-order valence-electron chi connectivity index (χ1n) is 6.53. The number of phenols is 1. The van der Waals surface area contributed by atoms with Gasteiger partial charge in [-0.15, -0.1) is 0 Å². The molecule has 1 atom stereocenters. The highest BCUT2D eigenvalue weighted by Crippen LogP contribution is 2.28. The lowest BCUT2D eigenvalue weighted by Crippen LogP contribution is -2.12. The molecule has 0 aliphatic heterocycles. The van der Waals surface area contributed by atoms with Crippen molar-refractivity contribution in [2.24, 2.45) is 0 Å². The van der Waals surface area contributed by atoms with Gasteiger partial charge in [-0.1, -0.05) is 35.0 Å². The van der Waals surface area contributed by atoms with E-state index in [1.165, 1.54) is 0 Å². The van der Waals surface area contributed by atoms with Crippen molar-refractivity contribution in [3.63, 3.8) is 0 Å². The molecule has 2 rings (SSSR count). The van der Waals surface area contributed by atoms with Gasteiger partial charge in [0, 0.05) is 9.37 Å². The minimum Gasteiger partial charge on any atom is -0.508 e. The van der Waals surface area contributed by atoms with Crippen molar-refractivity contribution in [2.45, 2.75) is 24.2 Å². The molecule has 0 aliphatic carbocycles. The van der Waals surface area contributed by atoms with Gasteiger partial charge in [-0.3, -0.25) is 4.79 Å². The van der Waals surface area contributed by atoms with Gasteiger partial charge in [-0.25, -0.2) is 0 Å². The van der Waals surface area contributed by atoms with Crippen LogP contribution in [0.5, 0.6) is 5.75 Å². The van der Waals surface area contributed by atoms with E-state index < -0.39 is 0 Å². The average Bonchev–Trinajstić information content (AvgIpc) is 2.49. The molecule has 5 heteroatoms. The quantitative estimate of drug-likeness (QED) is 0.764. The Kier molecular flexibility index (Phi) is 5.70. The Morgan fingerprint density at radius 2 is 1.81 bits per heavy atom. The highest BCUT2D eigenvalue weighted by Gasteiger charge is 2.21. The molecule has 2 aromatic rings. The number of carbonyl (C=O) groups is 1. The number of hydrogen-bond donors (Lipinski definition) is 1. The molecule has 0 fully saturated rings. The van der Waals surface area contributed by atoms with Gasteiger partial charge in [0.05, 0.1) is 18.0 Å². The van der Waals surface area contributed by atoms with Crippen LogP contribution in [0, 0.1) is 0 Å².